The Morgan fingerprint density at radius 1 is 0.828 bits per heavy atom. The minimum absolute atomic E-state index is 0. The molecule has 1 N–H and O–H groups in total. The Hall–Kier alpha value is 0.300. The zero-order chi connectivity index (χ0) is 20.9. The van der Waals surface area contributed by atoms with Crippen molar-refractivity contribution in [1.29, 1.82) is 0 Å². The van der Waals surface area contributed by atoms with Crippen LogP contribution in [0.3, 0.4) is 0 Å². The van der Waals surface area contributed by atoms with E-state index in [2.05, 4.69) is 16.1 Å². The minimum atomic E-state index is -4.42. The van der Waals surface area contributed by atoms with E-state index in [4.69, 9.17) is 9.29 Å². The summed E-state index contributed by atoms with van der Waals surface area (Å²) in [5.74, 6) is -0.110. The summed E-state index contributed by atoms with van der Waals surface area (Å²) in [6, 6.07) is 0. The van der Waals surface area contributed by atoms with Crippen LogP contribution in [0.1, 0.15) is 96.8 Å². The molecule has 0 aliphatic rings. The third kappa shape index (κ3) is 28.3. The van der Waals surface area contributed by atoms with Crippen molar-refractivity contribution in [3.63, 3.8) is 0 Å². The summed E-state index contributed by atoms with van der Waals surface area (Å²) in [6.45, 7) is 2.48. The van der Waals surface area contributed by atoms with E-state index in [1.165, 1.54) is 70.6 Å². The van der Waals surface area contributed by atoms with Crippen LogP contribution in [-0.2, 0) is 19.3 Å². The number of nitrogens with zero attached hydrogens (tertiary/aromatic N) is 1. The number of ether oxygens (including phenoxy) is 1. The zero-order valence-corrected chi connectivity index (χ0v) is 21.4. The predicted molar refractivity (Wildman–Crippen MR) is 111 cm³/mol. The molecule has 0 aromatic carbocycles. The normalized spacial score (nSPS) is 12.1. The Bertz CT molecular complexity index is 474. The van der Waals surface area contributed by atoms with Crippen molar-refractivity contribution in [2.24, 2.45) is 4.99 Å². The van der Waals surface area contributed by atoms with Gasteiger partial charge in [0.05, 0.1) is 26.4 Å². The quantitative estimate of drug-likeness (QED) is 0.0931. The molecular weight excluding hydrogens is 405 g/mol. The standard InChI is InChI=1S/C20H41NO6S.Na/c1-2-3-4-5-6-7-8-9-10-11-12-13-14-15-20(22)21-16-17-26-18-19-27-28(23,24)25;/h2-19H2,1H3,(H,21,22)(H,23,24,25);/q;+1/p-1. The van der Waals surface area contributed by atoms with Gasteiger partial charge in [0.2, 0.25) is 0 Å². The molecule has 0 radical (unpaired) electrons. The monoisotopic (exact) mass is 445 g/mol. The van der Waals surface area contributed by atoms with Crippen LogP contribution in [0.15, 0.2) is 4.99 Å². The molecule has 0 aromatic heterocycles. The maximum atomic E-state index is 11.6. The number of hydrogen-bond donors (Lipinski definition) is 1. The van der Waals surface area contributed by atoms with Crippen LogP contribution < -0.4 is 34.7 Å². The molecule has 0 saturated carbocycles. The molecule has 0 fully saturated rings. The molecule has 7 nitrogen and oxygen atoms in total. The largest absolute Gasteiger partial charge is 1.00 e. The SMILES string of the molecule is CCCCCCCCCCCCCCCC([O-])=NCCOCCOS(=O)(=O)O.[Na+]. The fraction of sp³-hybridized carbons (Fsp3) is 0.950. The maximum absolute atomic E-state index is 11.6. The number of hydrogen-bond acceptors (Lipinski definition) is 6. The Balaban J connectivity index is 0. The molecule has 0 bridgehead atoms. The Kier molecular flexibility index (Phi) is 24.9. The number of rotatable bonds is 21. The molecule has 0 unspecified atom stereocenters. The van der Waals surface area contributed by atoms with Gasteiger partial charge in [-0.05, 0) is 18.7 Å². The average Bonchev–Trinajstić information content (AvgIpc) is 2.64. The van der Waals surface area contributed by atoms with Crippen molar-refractivity contribution in [3.05, 3.63) is 0 Å². The van der Waals surface area contributed by atoms with Gasteiger partial charge in [-0.15, -0.1) is 0 Å². The van der Waals surface area contributed by atoms with Crippen molar-refractivity contribution in [2.45, 2.75) is 96.8 Å². The van der Waals surface area contributed by atoms with Gasteiger partial charge in [0, 0.05) is 0 Å². The van der Waals surface area contributed by atoms with E-state index in [9.17, 15) is 13.5 Å². The summed E-state index contributed by atoms with van der Waals surface area (Å²) in [5.41, 5.74) is 0. The summed E-state index contributed by atoms with van der Waals surface area (Å²) < 4.78 is 38.1. The molecule has 0 amide bonds. The second-order valence-corrected chi connectivity index (χ2v) is 8.22. The van der Waals surface area contributed by atoms with Gasteiger partial charge in [0.25, 0.3) is 0 Å². The fourth-order valence-electron chi connectivity index (χ4n) is 2.91. The van der Waals surface area contributed by atoms with Gasteiger partial charge in [-0.25, -0.2) is 4.18 Å². The van der Waals surface area contributed by atoms with Crippen LogP contribution in [0.4, 0.5) is 0 Å². The molecule has 0 spiro atoms. The molecule has 0 aliphatic carbocycles. The molecule has 0 heterocycles. The summed E-state index contributed by atoms with van der Waals surface area (Å²) in [7, 11) is -4.42. The summed E-state index contributed by atoms with van der Waals surface area (Å²) in [6.07, 6.45) is 17.1. The van der Waals surface area contributed by atoms with Crippen LogP contribution in [-0.4, -0.2) is 45.2 Å². The second kappa shape index (κ2) is 23.0. The third-order valence-corrected chi connectivity index (χ3v) is 4.94. The fourth-order valence-corrected chi connectivity index (χ4v) is 3.19. The van der Waals surface area contributed by atoms with E-state index in [1.54, 1.807) is 0 Å². The zero-order valence-electron chi connectivity index (χ0n) is 18.6. The van der Waals surface area contributed by atoms with Crippen LogP contribution in [0.2, 0.25) is 0 Å². The van der Waals surface area contributed by atoms with Crippen LogP contribution >= 0.6 is 0 Å². The molecule has 0 aliphatic heterocycles. The van der Waals surface area contributed by atoms with Crippen molar-refractivity contribution in [2.75, 3.05) is 26.4 Å². The maximum Gasteiger partial charge on any atom is 1.00 e. The first kappa shape index (κ1) is 31.5. The van der Waals surface area contributed by atoms with Crippen LogP contribution in [0, 0.1) is 0 Å². The van der Waals surface area contributed by atoms with E-state index in [0.717, 1.165) is 12.8 Å². The first-order valence-electron chi connectivity index (χ1n) is 10.9. The molecule has 0 saturated heterocycles. The molecule has 0 atom stereocenters. The smallest absolute Gasteiger partial charge is 0.862 e. The minimum Gasteiger partial charge on any atom is -0.862 e. The number of aliphatic imine (C=N–C) groups is 1. The van der Waals surface area contributed by atoms with Crippen molar-refractivity contribution in [1.82, 2.24) is 0 Å². The Morgan fingerprint density at radius 2 is 1.31 bits per heavy atom. The number of unbranched alkanes of at least 4 members (excludes halogenated alkanes) is 12. The van der Waals surface area contributed by atoms with Crippen LogP contribution in [0.5, 0.6) is 0 Å². The van der Waals surface area contributed by atoms with Gasteiger partial charge in [-0.2, -0.15) is 8.42 Å². The second-order valence-electron chi connectivity index (χ2n) is 7.13. The van der Waals surface area contributed by atoms with Gasteiger partial charge in [-0.1, -0.05) is 84.0 Å². The molecule has 29 heavy (non-hydrogen) atoms. The third-order valence-electron chi connectivity index (χ3n) is 4.48. The summed E-state index contributed by atoms with van der Waals surface area (Å²) in [4.78, 5) is 3.89. The van der Waals surface area contributed by atoms with E-state index in [1.807, 2.05) is 0 Å². The van der Waals surface area contributed by atoms with E-state index >= 15 is 0 Å². The molecule has 0 aromatic rings. The van der Waals surface area contributed by atoms with E-state index < -0.39 is 10.4 Å². The van der Waals surface area contributed by atoms with E-state index in [-0.39, 0.29) is 61.8 Å². The van der Waals surface area contributed by atoms with Crippen molar-refractivity contribution < 1.29 is 56.6 Å². The van der Waals surface area contributed by atoms with Gasteiger partial charge in [-0.3, -0.25) is 4.55 Å². The molecule has 0 rings (SSSR count). The van der Waals surface area contributed by atoms with E-state index in [0.29, 0.717) is 6.42 Å². The topological polar surface area (TPSA) is 108 Å². The summed E-state index contributed by atoms with van der Waals surface area (Å²) in [5, 5.41) is 11.6. The Labute approximate surface area is 200 Å². The van der Waals surface area contributed by atoms with Gasteiger partial charge in [0.15, 0.2) is 0 Å². The molecule has 168 valence electrons. The molecule has 9 heteroatoms. The average molecular weight is 446 g/mol. The molecular formula is C20H40NNaO6S. The van der Waals surface area contributed by atoms with Gasteiger partial charge >= 0.3 is 40.0 Å². The van der Waals surface area contributed by atoms with Crippen molar-refractivity contribution >= 4 is 16.3 Å². The van der Waals surface area contributed by atoms with Crippen LogP contribution in [0.25, 0.3) is 0 Å². The Morgan fingerprint density at radius 3 is 1.79 bits per heavy atom. The predicted octanol–water partition coefficient (Wildman–Crippen LogP) is 1.07. The van der Waals surface area contributed by atoms with Gasteiger partial charge < -0.3 is 14.8 Å². The first-order chi connectivity index (χ1) is 13.5. The van der Waals surface area contributed by atoms with Crippen molar-refractivity contribution in [3.8, 4) is 0 Å². The first-order valence-corrected chi connectivity index (χ1v) is 12.2. The van der Waals surface area contributed by atoms with Gasteiger partial charge in [0.1, 0.15) is 0 Å². The summed E-state index contributed by atoms with van der Waals surface area (Å²) >= 11 is 0.